The second kappa shape index (κ2) is 10.9. The minimum absolute atomic E-state index is 0.0293. The van der Waals surface area contributed by atoms with Crippen LogP contribution in [0.1, 0.15) is 22.3 Å². The highest BCUT2D eigenvalue weighted by Gasteiger charge is 2.23. The fraction of sp³-hybridized carbons (Fsp3) is 0.167. The van der Waals surface area contributed by atoms with Crippen molar-refractivity contribution in [3.8, 4) is 17.7 Å². The molecule has 0 spiro atoms. The van der Waals surface area contributed by atoms with Gasteiger partial charge in [0, 0.05) is 29.9 Å². The molecule has 1 amide bonds. The highest BCUT2D eigenvalue weighted by Crippen LogP contribution is 2.29. The van der Waals surface area contributed by atoms with Gasteiger partial charge in [0.1, 0.15) is 11.5 Å². The van der Waals surface area contributed by atoms with Gasteiger partial charge in [0.15, 0.2) is 0 Å². The number of nitrogens with one attached hydrogen (secondary N) is 1. The molecule has 0 atom stereocenters. The van der Waals surface area contributed by atoms with E-state index in [9.17, 15) is 13.2 Å². The number of halogens is 1. The molecule has 0 unspecified atom stereocenters. The molecule has 8 nitrogen and oxygen atoms in total. The molecule has 3 aromatic rings. The molecular formula is C24H21ClN4O4S. The normalized spacial score (nSPS) is 11.2. The van der Waals surface area contributed by atoms with Crippen LogP contribution in [0.15, 0.2) is 59.9 Å². The number of nitrogens with zero attached hydrogens (tertiary/aromatic N) is 3. The average Bonchev–Trinajstić information content (AvgIpc) is 2.79. The third kappa shape index (κ3) is 6.63. The van der Waals surface area contributed by atoms with Crippen LogP contribution in [0.5, 0.6) is 11.6 Å². The maximum atomic E-state index is 12.7. The number of nitriles is 1. The van der Waals surface area contributed by atoms with Crippen LogP contribution in [-0.2, 0) is 21.2 Å². The zero-order valence-corrected chi connectivity index (χ0v) is 20.0. The number of ether oxygens (including phenoxy) is 1. The second-order valence-electron chi connectivity index (χ2n) is 7.39. The van der Waals surface area contributed by atoms with Crippen molar-refractivity contribution in [2.75, 3.05) is 5.75 Å². The third-order valence-corrected chi connectivity index (χ3v) is 6.30. The second-order valence-corrected chi connectivity index (χ2v) is 9.71. The number of carbonyl (C=O) groups is 1. The number of allylic oxidation sites excluding steroid dienone is 1. The molecule has 3 rings (SSSR count). The third-order valence-electron chi connectivity index (χ3n) is 4.65. The van der Waals surface area contributed by atoms with E-state index >= 15 is 0 Å². The molecule has 0 saturated carbocycles. The minimum Gasteiger partial charge on any atom is -0.438 e. The summed E-state index contributed by atoms with van der Waals surface area (Å²) in [5.41, 5.74) is 3.17. The predicted octanol–water partition coefficient (Wildman–Crippen LogP) is 4.17. The molecule has 1 aromatic heterocycles. The summed E-state index contributed by atoms with van der Waals surface area (Å²) in [6, 6.07) is 13.9. The van der Waals surface area contributed by atoms with E-state index in [1.165, 1.54) is 18.3 Å². The standard InChI is InChI=1S/C24H21ClN4O4S/c1-16-12-19(4-3-10-26)13-17(2)23(16)33-22-9-11-27-24(29-22)34(31,32)15-21(30)28-14-18-5-7-20(25)8-6-18/h3-9,11-13H,14-15H2,1-2H3,(H,28,30)/b4-3+. The topological polar surface area (TPSA) is 122 Å². The van der Waals surface area contributed by atoms with E-state index in [1.54, 1.807) is 30.3 Å². The van der Waals surface area contributed by atoms with Gasteiger partial charge >= 0.3 is 0 Å². The molecule has 1 N–H and O–H groups in total. The van der Waals surface area contributed by atoms with Crippen LogP contribution in [0.25, 0.3) is 6.08 Å². The molecule has 10 heteroatoms. The molecule has 0 aliphatic carbocycles. The SMILES string of the molecule is Cc1cc(/C=C/C#N)cc(C)c1Oc1ccnc(S(=O)(=O)CC(=O)NCc2ccc(Cl)cc2)n1. The summed E-state index contributed by atoms with van der Waals surface area (Å²) < 4.78 is 31.2. The van der Waals surface area contributed by atoms with Crippen molar-refractivity contribution >= 4 is 33.4 Å². The number of aromatic nitrogens is 2. The van der Waals surface area contributed by atoms with Crippen LogP contribution in [-0.4, -0.2) is 30.0 Å². The summed E-state index contributed by atoms with van der Waals surface area (Å²) >= 11 is 5.83. The van der Waals surface area contributed by atoms with Crippen LogP contribution >= 0.6 is 11.6 Å². The lowest BCUT2D eigenvalue weighted by atomic mass is 10.1. The fourth-order valence-corrected chi connectivity index (χ4v) is 4.25. The van der Waals surface area contributed by atoms with Gasteiger partial charge < -0.3 is 10.1 Å². The van der Waals surface area contributed by atoms with Crippen LogP contribution in [0, 0.1) is 25.2 Å². The van der Waals surface area contributed by atoms with E-state index in [4.69, 9.17) is 21.6 Å². The van der Waals surface area contributed by atoms with Gasteiger partial charge in [0.05, 0.1) is 6.07 Å². The maximum Gasteiger partial charge on any atom is 0.250 e. The van der Waals surface area contributed by atoms with E-state index in [0.717, 1.165) is 22.3 Å². The van der Waals surface area contributed by atoms with Gasteiger partial charge in [-0.1, -0.05) is 23.7 Å². The Morgan fingerprint density at radius 2 is 1.85 bits per heavy atom. The first-order valence-electron chi connectivity index (χ1n) is 10.1. The van der Waals surface area contributed by atoms with Gasteiger partial charge in [0.25, 0.3) is 5.16 Å². The van der Waals surface area contributed by atoms with E-state index in [0.29, 0.717) is 10.8 Å². The lowest BCUT2D eigenvalue weighted by molar-refractivity contribution is -0.118. The Kier molecular flexibility index (Phi) is 7.99. The summed E-state index contributed by atoms with van der Waals surface area (Å²) in [5.74, 6) is -0.946. The quantitative estimate of drug-likeness (QED) is 0.367. The Morgan fingerprint density at radius 3 is 2.50 bits per heavy atom. The summed E-state index contributed by atoms with van der Waals surface area (Å²) in [5, 5.41) is 11.3. The van der Waals surface area contributed by atoms with Gasteiger partial charge in [-0.05, 0) is 66.4 Å². The van der Waals surface area contributed by atoms with Crippen LogP contribution < -0.4 is 10.1 Å². The van der Waals surface area contributed by atoms with Crippen molar-refractivity contribution in [1.82, 2.24) is 15.3 Å². The Hall–Kier alpha value is -3.74. The van der Waals surface area contributed by atoms with E-state index in [2.05, 4.69) is 15.3 Å². The van der Waals surface area contributed by atoms with Gasteiger partial charge in [-0.15, -0.1) is 0 Å². The van der Waals surface area contributed by atoms with Crippen molar-refractivity contribution in [2.45, 2.75) is 25.5 Å². The lowest BCUT2D eigenvalue weighted by Gasteiger charge is -2.12. The minimum atomic E-state index is -4.10. The molecule has 0 aliphatic rings. The zero-order chi connectivity index (χ0) is 24.7. The molecule has 0 fully saturated rings. The average molecular weight is 497 g/mol. The van der Waals surface area contributed by atoms with Crippen molar-refractivity contribution in [3.63, 3.8) is 0 Å². The summed E-state index contributed by atoms with van der Waals surface area (Å²) in [7, 11) is -4.10. The number of aryl methyl sites for hydroxylation is 2. The first-order valence-corrected chi connectivity index (χ1v) is 12.1. The molecule has 1 heterocycles. The van der Waals surface area contributed by atoms with Gasteiger partial charge in [0.2, 0.25) is 21.6 Å². The molecular weight excluding hydrogens is 476 g/mol. The highest BCUT2D eigenvalue weighted by molar-refractivity contribution is 7.91. The Morgan fingerprint density at radius 1 is 1.18 bits per heavy atom. The van der Waals surface area contributed by atoms with Crippen molar-refractivity contribution in [3.05, 3.63) is 82.0 Å². The summed E-state index contributed by atoms with van der Waals surface area (Å²) in [6.45, 7) is 3.82. The molecule has 174 valence electrons. The van der Waals surface area contributed by atoms with E-state index in [1.807, 2.05) is 32.0 Å². The molecule has 0 saturated heterocycles. The van der Waals surface area contributed by atoms with Crippen molar-refractivity contribution < 1.29 is 17.9 Å². The van der Waals surface area contributed by atoms with Gasteiger partial charge in [-0.25, -0.2) is 13.4 Å². The monoisotopic (exact) mass is 496 g/mol. The Labute approximate surface area is 202 Å². The maximum absolute atomic E-state index is 12.7. The molecule has 0 bridgehead atoms. The Bertz CT molecular complexity index is 1360. The van der Waals surface area contributed by atoms with Gasteiger partial charge in [-0.3, -0.25) is 4.79 Å². The van der Waals surface area contributed by atoms with Crippen LogP contribution in [0.2, 0.25) is 5.02 Å². The summed E-state index contributed by atoms with van der Waals surface area (Å²) in [6.07, 6.45) is 4.31. The number of rotatable bonds is 8. The Balaban J connectivity index is 1.71. The summed E-state index contributed by atoms with van der Waals surface area (Å²) in [4.78, 5) is 20.0. The molecule has 2 aromatic carbocycles. The first-order chi connectivity index (χ1) is 16.2. The van der Waals surface area contributed by atoms with E-state index in [-0.39, 0.29) is 12.4 Å². The van der Waals surface area contributed by atoms with E-state index < -0.39 is 26.7 Å². The number of benzene rings is 2. The van der Waals surface area contributed by atoms with Crippen molar-refractivity contribution in [2.24, 2.45) is 0 Å². The highest BCUT2D eigenvalue weighted by atomic mass is 35.5. The predicted molar refractivity (Wildman–Crippen MR) is 128 cm³/mol. The number of hydrogen-bond donors (Lipinski definition) is 1. The number of hydrogen-bond acceptors (Lipinski definition) is 7. The molecule has 34 heavy (non-hydrogen) atoms. The van der Waals surface area contributed by atoms with Crippen molar-refractivity contribution in [1.29, 1.82) is 5.26 Å². The zero-order valence-electron chi connectivity index (χ0n) is 18.4. The first kappa shape index (κ1) is 24.9. The smallest absolute Gasteiger partial charge is 0.250 e. The molecule has 0 aliphatic heterocycles. The number of amides is 1. The number of carbonyl (C=O) groups excluding carboxylic acids is 1. The fourth-order valence-electron chi connectivity index (χ4n) is 3.10. The molecule has 0 radical (unpaired) electrons. The lowest BCUT2D eigenvalue weighted by Crippen LogP contribution is -2.30. The van der Waals surface area contributed by atoms with Gasteiger partial charge in [-0.2, -0.15) is 10.2 Å². The van der Waals surface area contributed by atoms with Crippen LogP contribution in [0.4, 0.5) is 0 Å². The largest absolute Gasteiger partial charge is 0.438 e. The number of sulfone groups is 1. The van der Waals surface area contributed by atoms with Crippen LogP contribution in [0.3, 0.4) is 0 Å².